The fourth-order valence-corrected chi connectivity index (χ4v) is 1.45. The van der Waals surface area contributed by atoms with E-state index in [1.54, 1.807) is 0 Å². The largest absolute Gasteiger partial charge is 0.396 e. The van der Waals surface area contributed by atoms with E-state index in [1.165, 1.54) is 18.2 Å². The molecule has 0 fully saturated rings. The first-order valence-electron chi connectivity index (χ1n) is 4.39. The van der Waals surface area contributed by atoms with Crippen molar-refractivity contribution in [1.29, 1.82) is 0 Å². The number of benzene rings is 1. The van der Waals surface area contributed by atoms with E-state index in [0.717, 1.165) is 0 Å². The maximum atomic E-state index is 12.8. The maximum absolute atomic E-state index is 12.8. The van der Waals surface area contributed by atoms with Gasteiger partial charge in [0.2, 0.25) is 0 Å². The second-order valence-corrected chi connectivity index (χ2v) is 3.45. The summed E-state index contributed by atoms with van der Waals surface area (Å²) in [4.78, 5) is 0. The molecule has 0 aliphatic carbocycles. The van der Waals surface area contributed by atoms with Crippen molar-refractivity contribution in [3.63, 3.8) is 0 Å². The molecule has 2 N–H and O–H groups in total. The van der Waals surface area contributed by atoms with Crippen LogP contribution in [0, 0.1) is 5.82 Å². The SMILES string of the molecule is OCCCC(O)c1cc(F)ccc1Cl. The van der Waals surface area contributed by atoms with Gasteiger partial charge in [-0.2, -0.15) is 0 Å². The lowest BCUT2D eigenvalue weighted by Crippen LogP contribution is -2.00. The van der Waals surface area contributed by atoms with Gasteiger partial charge in [-0.1, -0.05) is 11.6 Å². The van der Waals surface area contributed by atoms with Gasteiger partial charge in [-0.05, 0) is 31.0 Å². The van der Waals surface area contributed by atoms with Crippen LogP contribution in [0.25, 0.3) is 0 Å². The summed E-state index contributed by atoms with van der Waals surface area (Å²) in [5.74, 6) is -0.424. The fourth-order valence-electron chi connectivity index (χ4n) is 1.21. The molecule has 0 radical (unpaired) electrons. The van der Waals surface area contributed by atoms with Crippen LogP contribution in [0.15, 0.2) is 18.2 Å². The summed E-state index contributed by atoms with van der Waals surface area (Å²) in [6.45, 7) is 0.00396. The Morgan fingerprint density at radius 3 is 2.79 bits per heavy atom. The van der Waals surface area contributed by atoms with E-state index in [4.69, 9.17) is 16.7 Å². The lowest BCUT2D eigenvalue weighted by Gasteiger charge is -2.11. The second-order valence-electron chi connectivity index (χ2n) is 3.05. The summed E-state index contributed by atoms with van der Waals surface area (Å²) < 4.78 is 12.8. The average Bonchev–Trinajstić information content (AvgIpc) is 2.18. The monoisotopic (exact) mass is 218 g/mol. The minimum atomic E-state index is -0.814. The molecule has 1 rings (SSSR count). The molecule has 0 aliphatic heterocycles. The molecule has 0 aliphatic rings. The van der Waals surface area contributed by atoms with Gasteiger partial charge < -0.3 is 10.2 Å². The Labute approximate surface area is 86.9 Å². The molecule has 14 heavy (non-hydrogen) atoms. The molecule has 1 aromatic rings. The Balaban J connectivity index is 2.77. The smallest absolute Gasteiger partial charge is 0.123 e. The molecule has 4 heteroatoms. The second kappa shape index (κ2) is 5.29. The predicted octanol–water partition coefficient (Wildman–Crippen LogP) is 2.29. The van der Waals surface area contributed by atoms with Crippen LogP contribution in [0.3, 0.4) is 0 Å². The zero-order chi connectivity index (χ0) is 10.6. The van der Waals surface area contributed by atoms with Crippen molar-refractivity contribution in [2.45, 2.75) is 18.9 Å². The van der Waals surface area contributed by atoms with Crippen LogP contribution in [0.4, 0.5) is 4.39 Å². The van der Waals surface area contributed by atoms with Crippen LogP contribution in [-0.4, -0.2) is 16.8 Å². The molecule has 1 atom stereocenters. The summed E-state index contributed by atoms with van der Waals surface area (Å²) in [5, 5.41) is 18.5. The Kier molecular flexibility index (Phi) is 4.32. The zero-order valence-corrected chi connectivity index (χ0v) is 8.34. The highest BCUT2D eigenvalue weighted by molar-refractivity contribution is 6.31. The van der Waals surface area contributed by atoms with Crippen LogP contribution in [-0.2, 0) is 0 Å². The topological polar surface area (TPSA) is 40.5 Å². The molecule has 78 valence electrons. The average molecular weight is 219 g/mol. The van der Waals surface area contributed by atoms with Crippen molar-refractivity contribution in [1.82, 2.24) is 0 Å². The number of aliphatic hydroxyl groups excluding tert-OH is 2. The van der Waals surface area contributed by atoms with E-state index in [1.807, 2.05) is 0 Å². The molecule has 0 spiro atoms. The van der Waals surface area contributed by atoms with Crippen molar-refractivity contribution in [3.8, 4) is 0 Å². The first-order chi connectivity index (χ1) is 6.65. The van der Waals surface area contributed by atoms with Gasteiger partial charge in [0, 0.05) is 17.2 Å². The van der Waals surface area contributed by atoms with Gasteiger partial charge in [-0.3, -0.25) is 0 Å². The highest BCUT2D eigenvalue weighted by atomic mass is 35.5. The number of hydrogen-bond acceptors (Lipinski definition) is 2. The van der Waals surface area contributed by atoms with Crippen LogP contribution >= 0.6 is 11.6 Å². The van der Waals surface area contributed by atoms with Crippen LogP contribution in [0.2, 0.25) is 5.02 Å². The van der Waals surface area contributed by atoms with E-state index in [-0.39, 0.29) is 6.61 Å². The minimum absolute atomic E-state index is 0.00396. The van der Waals surface area contributed by atoms with Gasteiger partial charge in [-0.15, -0.1) is 0 Å². The molecule has 0 bridgehead atoms. The molecule has 0 amide bonds. The third kappa shape index (κ3) is 2.94. The third-order valence-corrected chi connectivity index (χ3v) is 2.30. The number of rotatable bonds is 4. The zero-order valence-electron chi connectivity index (χ0n) is 7.58. The minimum Gasteiger partial charge on any atom is -0.396 e. The number of aliphatic hydroxyl groups is 2. The summed E-state index contributed by atoms with van der Waals surface area (Å²) in [7, 11) is 0. The first-order valence-corrected chi connectivity index (χ1v) is 4.77. The Morgan fingerprint density at radius 2 is 2.14 bits per heavy atom. The number of halogens is 2. The summed E-state index contributed by atoms with van der Waals surface area (Å²) in [6, 6.07) is 3.86. The molecule has 1 unspecified atom stereocenters. The van der Waals surface area contributed by atoms with Crippen molar-refractivity contribution < 1.29 is 14.6 Å². The predicted molar refractivity (Wildman–Crippen MR) is 52.7 cm³/mol. The quantitative estimate of drug-likeness (QED) is 0.814. The summed E-state index contributed by atoms with van der Waals surface area (Å²) in [5.41, 5.74) is 0.375. The third-order valence-electron chi connectivity index (χ3n) is 1.95. The molecular weight excluding hydrogens is 207 g/mol. The fraction of sp³-hybridized carbons (Fsp3) is 0.400. The molecular formula is C10H12ClFO2. The Bertz CT molecular complexity index is 304. The molecule has 1 aromatic carbocycles. The van der Waals surface area contributed by atoms with E-state index >= 15 is 0 Å². The van der Waals surface area contributed by atoms with Gasteiger partial charge in [-0.25, -0.2) is 4.39 Å². The summed E-state index contributed by atoms with van der Waals surface area (Å²) in [6.07, 6.45) is 0.0265. The Hall–Kier alpha value is -0.640. The van der Waals surface area contributed by atoms with Crippen molar-refractivity contribution in [2.24, 2.45) is 0 Å². The molecule has 2 nitrogen and oxygen atoms in total. The van der Waals surface area contributed by atoms with Crippen molar-refractivity contribution >= 4 is 11.6 Å². The van der Waals surface area contributed by atoms with E-state index in [0.29, 0.717) is 23.4 Å². The van der Waals surface area contributed by atoms with E-state index in [2.05, 4.69) is 0 Å². The molecule has 0 saturated heterocycles. The first kappa shape index (κ1) is 11.4. The van der Waals surface area contributed by atoms with Gasteiger partial charge in [0.05, 0.1) is 6.10 Å². The lowest BCUT2D eigenvalue weighted by molar-refractivity contribution is 0.151. The highest BCUT2D eigenvalue weighted by Gasteiger charge is 2.11. The normalized spacial score (nSPS) is 12.9. The standard InChI is InChI=1S/C10H12ClFO2/c11-9-4-3-7(12)6-8(9)10(14)2-1-5-13/h3-4,6,10,13-14H,1-2,5H2. The van der Waals surface area contributed by atoms with Gasteiger partial charge >= 0.3 is 0 Å². The summed E-state index contributed by atoms with van der Waals surface area (Å²) >= 11 is 5.78. The highest BCUT2D eigenvalue weighted by Crippen LogP contribution is 2.26. The van der Waals surface area contributed by atoms with Gasteiger partial charge in [0.25, 0.3) is 0 Å². The maximum Gasteiger partial charge on any atom is 0.123 e. The van der Waals surface area contributed by atoms with Crippen LogP contribution < -0.4 is 0 Å². The van der Waals surface area contributed by atoms with Crippen LogP contribution in [0.1, 0.15) is 24.5 Å². The molecule has 0 saturated carbocycles. The lowest BCUT2D eigenvalue weighted by atomic mass is 10.1. The van der Waals surface area contributed by atoms with Gasteiger partial charge in [0.1, 0.15) is 5.82 Å². The number of hydrogen-bond donors (Lipinski definition) is 2. The van der Waals surface area contributed by atoms with Gasteiger partial charge in [0.15, 0.2) is 0 Å². The van der Waals surface area contributed by atoms with Crippen molar-refractivity contribution in [3.05, 3.63) is 34.6 Å². The van der Waals surface area contributed by atoms with E-state index in [9.17, 15) is 9.50 Å². The molecule has 0 aromatic heterocycles. The van der Waals surface area contributed by atoms with E-state index < -0.39 is 11.9 Å². The van der Waals surface area contributed by atoms with Crippen molar-refractivity contribution in [2.75, 3.05) is 6.61 Å². The van der Waals surface area contributed by atoms with Crippen LogP contribution in [0.5, 0.6) is 0 Å². The molecule has 0 heterocycles. The Morgan fingerprint density at radius 1 is 1.43 bits per heavy atom.